The van der Waals surface area contributed by atoms with Crippen molar-refractivity contribution in [2.24, 2.45) is 5.10 Å². The Morgan fingerprint density at radius 2 is 2.17 bits per heavy atom. The second kappa shape index (κ2) is 9.94. The van der Waals surface area contributed by atoms with E-state index in [0.29, 0.717) is 22.9 Å². The van der Waals surface area contributed by atoms with Gasteiger partial charge in [-0.1, -0.05) is 24.3 Å². The molecule has 9 heteroatoms. The van der Waals surface area contributed by atoms with E-state index in [1.165, 1.54) is 12.3 Å². The fourth-order valence-corrected chi connectivity index (χ4v) is 3.19. The number of nitro benzene ring substituents is 1. The maximum atomic E-state index is 11.6. The first-order valence-electron chi connectivity index (χ1n) is 9.30. The zero-order valence-corrected chi connectivity index (χ0v) is 16.9. The van der Waals surface area contributed by atoms with Crippen molar-refractivity contribution in [3.8, 4) is 0 Å². The van der Waals surface area contributed by atoms with Crippen molar-refractivity contribution >= 4 is 40.6 Å². The van der Waals surface area contributed by atoms with Crippen molar-refractivity contribution < 1.29 is 9.66 Å². The van der Waals surface area contributed by atoms with Gasteiger partial charge < -0.3 is 15.0 Å². The predicted octanol–water partition coefficient (Wildman–Crippen LogP) is 3.34. The average molecular weight is 414 g/mol. The van der Waals surface area contributed by atoms with Crippen LogP contribution in [0.5, 0.6) is 0 Å². The van der Waals surface area contributed by atoms with Gasteiger partial charge in [-0.15, -0.1) is 0 Å². The monoisotopic (exact) mass is 413 g/mol. The predicted molar refractivity (Wildman–Crippen MR) is 118 cm³/mol. The molecule has 1 atom stereocenters. The third kappa shape index (κ3) is 5.72. The fourth-order valence-electron chi connectivity index (χ4n) is 3.06. The van der Waals surface area contributed by atoms with Crippen LogP contribution in [0.2, 0.25) is 0 Å². The normalized spacial score (nSPS) is 16.0. The van der Waals surface area contributed by atoms with Crippen LogP contribution < -0.4 is 15.6 Å². The molecular formula is C20H23N5O3S. The number of ether oxygens (including phenoxy) is 1. The summed E-state index contributed by atoms with van der Waals surface area (Å²) < 4.78 is 5.52. The first-order chi connectivity index (χ1) is 14.0. The van der Waals surface area contributed by atoms with E-state index in [4.69, 9.17) is 17.0 Å². The average Bonchev–Trinajstić information content (AvgIpc) is 3.26. The lowest BCUT2D eigenvalue weighted by Gasteiger charge is -2.19. The van der Waals surface area contributed by atoms with Crippen molar-refractivity contribution in [3.63, 3.8) is 0 Å². The maximum absolute atomic E-state index is 11.6. The van der Waals surface area contributed by atoms with Crippen molar-refractivity contribution in [1.82, 2.24) is 10.7 Å². The Kier molecular flexibility index (Phi) is 7.09. The summed E-state index contributed by atoms with van der Waals surface area (Å²) in [6, 6.07) is 14.4. The van der Waals surface area contributed by atoms with Gasteiger partial charge in [0.2, 0.25) is 0 Å². The van der Waals surface area contributed by atoms with Crippen LogP contribution in [0.1, 0.15) is 18.4 Å². The van der Waals surface area contributed by atoms with Crippen LogP contribution in [0.15, 0.2) is 53.6 Å². The van der Waals surface area contributed by atoms with Crippen LogP contribution in [0, 0.1) is 10.1 Å². The van der Waals surface area contributed by atoms with Crippen LogP contribution in [0.4, 0.5) is 17.1 Å². The van der Waals surface area contributed by atoms with Gasteiger partial charge in [0.25, 0.3) is 5.69 Å². The minimum absolute atomic E-state index is 0.000568. The summed E-state index contributed by atoms with van der Waals surface area (Å²) in [5, 5.41) is 19.1. The van der Waals surface area contributed by atoms with Gasteiger partial charge in [-0.25, -0.2) is 0 Å². The summed E-state index contributed by atoms with van der Waals surface area (Å²) >= 11 is 5.17. The number of rotatable bonds is 7. The lowest BCUT2D eigenvalue weighted by Crippen LogP contribution is -2.37. The lowest BCUT2D eigenvalue weighted by atomic mass is 10.1. The van der Waals surface area contributed by atoms with Crippen LogP contribution in [0.25, 0.3) is 0 Å². The molecule has 2 N–H and O–H groups in total. The highest BCUT2D eigenvalue weighted by molar-refractivity contribution is 7.80. The van der Waals surface area contributed by atoms with E-state index in [0.717, 1.165) is 25.1 Å². The number of hydrogen-bond donors (Lipinski definition) is 2. The molecule has 2 aromatic rings. The van der Waals surface area contributed by atoms with E-state index >= 15 is 0 Å². The van der Waals surface area contributed by atoms with Gasteiger partial charge >= 0.3 is 0 Å². The van der Waals surface area contributed by atoms with Crippen molar-refractivity contribution in [1.29, 1.82) is 0 Å². The van der Waals surface area contributed by atoms with Crippen LogP contribution in [0.3, 0.4) is 0 Å². The molecular weight excluding hydrogens is 390 g/mol. The number of hydrogen-bond acceptors (Lipinski definition) is 6. The van der Waals surface area contributed by atoms with E-state index in [1.807, 2.05) is 30.3 Å². The molecule has 0 saturated carbocycles. The number of nitro groups is 1. The number of anilines is 2. The summed E-state index contributed by atoms with van der Waals surface area (Å²) in [6.07, 6.45) is 3.76. The summed E-state index contributed by atoms with van der Waals surface area (Å²) in [5.74, 6) is 0. The highest BCUT2D eigenvalue weighted by Gasteiger charge is 2.18. The van der Waals surface area contributed by atoms with Gasteiger partial charge in [-0.3, -0.25) is 15.5 Å². The second-order valence-electron chi connectivity index (χ2n) is 6.61. The molecule has 0 unspecified atom stereocenters. The zero-order valence-electron chi connectivity index (χ0n) is 16.1. The van der Waals surface area contributed by atoms with Gasteiger partial charge in [0.15, 0.2) is 5.11 Å². The largest absolute Gasteiger partial charge is 0.376 e. The molecule has 0 radical (unpaired) electrons. The molecule has 1 heterocycles. The first kappa shape index (κ1) is 20.7. The molecule has 1 saturated heterocycles. The molecule has 0 amide bonds. The minimum atomic E-state index is -0.396. The van der Waals surface area contributed by atoms with E-state index in [1.54, 1.807) is 24.1 Å². The number of hydrazone groups is 1. The number of thiocarbonyl (C=S) groups is 1. The molecule has 8 nitrogen and oxygen atoms in total. The molecule has 29 heavy (non-hydrogen) atoms. The number of nitrogens with zero attached hydrogens (tertiary/aromatic N) is 3. The van der Waals surface area contributed by atoms with E-state index in [9.17, 15) is 10.1 Å². The van der Waals surface area contributed by atoms with Crippen LogP contribution in [-0.4, -0.2) is 42.6 Å². The van der Waals surface area contributed by atoms with Crippen LogP contribution in [-0.2, 0) is 4.74 Å². The quantitative estimate of drug-likeness (QED) is 0.311. The molecule has 3 rings (SSSR count). The van der Waals surface area contributed by atoms with E-state index in [-0.39, 0.29) is 11.8 Å². The van der Waals surface area contributed by atoms with Gasteiger partial charge in [0.05, 0.1) is 17.2 Å². The number of nitrogens with one attached hydrogen (secondary N) is 2. The second-order valence-corrected chi connectivity index (χ2v) is 7.02. The lowest BCUT2D eigenvalue weighted by molar-refractivity contribution is -0.384. The topological polar surface area (TPSA) is 92.0 Å². The third-order valence-electron chi connectivity index (χ3n) is 4.60. The van der Waals surface area contributed by atoms with Crippen molar-refractivity contribution in [2.75, 3.05) is 25.1 Å². The molecule has 1 aliphatic heterocycles. The Bertz CT molecular complexity index is 885. The Morgan fingerprint density at radius 1 is 1.38 bits per heavy atom. The van der Waals surface area contributed by atoms with Crippen LogP contribution >= 0.6 is 12.2 Å². The Morgan fingerprint density at radius 3 is 2.86 bits per heavy atom. The van der Waals surface area contributed by atoms with Gasteiger partial charge in [0.1, 0.15) is 5.69 Å². The van der Waals surface area contributed by atoms with Crippen molar-refractivity contribution in [2.45, 2.75) is 18.9 Å². The summed E-state index contributed by atoms with van der Waals surface area (Å²) in [5.41, 5.74) is 4.68. The molecule has 0 bridgehead atoms. The van der Waals surface area contributed by atoms with Gasteiger partial charge in [-0.05, 0) is 43.3 Å². The molecule has 152 valence electrons. The molecule has 1 fully saturated rings. The number of para-hydroxylation sites is 1. The Balaban J connectivity index is 1.64. The van der Waals surface area contributed by atoms with Crippen molar-refractivity contribution in [3.05, 3.63) is 64.2 Å². The van der Waals surface area contributed by atoms with E-state index < -0.39 is 4.92 Å². The molecule has 0 aliphatic carbocycles. The van der Waals surface area contributed by atoms with E-state index in [2.05, 4.69) is 15.8 Å². The SMILES string of the molecule is CN(c1ccccc1)c1ccc(/C=N\NC(=S)NC[C@H]2CCCO2)cc1[N+](=O)[O-]. The molecule has 1 aliphatic rings. The smallest absolute Gasteiger partial charge is 0.293 e. The molecule has 0 spiro atoms. The van der Waals surface area contributed by atoms with Gasteiger partial charge in [-0.2, -0.15) is 5.10 Å². The molecule has 2 aromatic carbocycles. The highest BCUT2D eigenvalue weighted by Crippen LogP contribution is 2.32. The summed E-state index contributed by atoms with van der Waals surface area (Å²) in [7, 11) is 1.80. The minimum Gasteiger partial charge on any atom is -0.376 e. The third-order valence-corrected chi connectivity index (χ3v) is 4.83. The van der Waals surface area contributed by atoms with Gasteiger partial charge in [0, 0.05) is 37.5 Å². The highest BCUT2D eigenvalue weighted by atomic mass is 32.1. The fraction of sp³-hybridized carbons (Fsp3) is 0.300. The number of benzene rings is 2. The first-order valence-corrected chi connectivity index (χ1v) is 9.71. The Hall–Kier alpha value is -3.04. The summed E-state index contributed by atoms with van der Waals surface area (Å²) in [4.78, 5) is 13.0. The molecule has 0 aromatic heterocycles. The zero-order chi connectivity index (χ0) is 20.6. The maximum Gasteiger partial charge on any atom is 0.293 e. The Labute approximate surface area is 174 Å². The standard InChI is InChI=1S/C20H23N5O3S/c1-24(16-6-3-2-4-7-16)18-10-9-15(12-19(18)25(26)27)13-22-23-20(29)21-14-17-8-5-11-28-17/h2-4,6-7,9-10,12-13,17H,5,8,11,14H2,1H3,(H2,21,23,29)/b22-13-/t17-/m1/s1. The summed E-state index contributed by atoms with van der Waals surface area (Å²) in [6.45, 7) is 1.42.